The maximum atomic E-state index is 11.6. The first-order valence-electron chi connectivity index (χ1n) is 5.80. The van der Waals surface area contributed by atoms with Crippen LogP contribution in [-0.2, 0) is 4.74 Å². The summed E-state index contributed by atoms with van der Waals surface area (Å²) in [4.78, 5) is 24.7. The Morgan fingerprint density at radius 1 is 1.61 bits per heavy atom. The molecular weight excluding hydrogens is 240 g/mol. The Balaban J connectivity index is 2.32. The molecule has 100 valence electrons. The lowest BCUT2D eigenvalue weighted by Gasteiger charge is -2.28. The molecular formula is C11H16N2O5. The van der Waals surface area contributed by atoms with E-state index in [0.29, 0.717) is 6.42 Å². The fourth-order valence-corrected chi connectivity index (χ4v) is 2.20. The number of aliphatic hydroxyl groups excluding tert-OH is 2. The lowest BCUT2D eigenvalue weighted by Crippen LogP contribution is -2.42. The largest absolute Gasteiger partial charge is 0.393 e. The minimum atomic E-state index is -1.04. The molecule has 7 heteroatoms. The number of rotatable bonds is 3. The number of nitrogens with zero attached hydrogens (tertiary/aromatic N) is 1. The fraction of sp³-hybridized carbons (Fsp3) is 0.636. The van der Waals surface area contributed by atoms with E-state index in [1.165, 1.54) is 16.8 Å². The van der Waals surface area contributed by atoms with Gasteiger partial charge in [0.2, 0.25) is 0 Å². The number of hydrogen-bond donors (Lipinski definition) is 3. The molecule has 1 unspecified atom stereocenters. The molecule has 1 aromatic rings. The topological polar surface area (TPSA) is 105 Å². The molecule has 1 aliphatic rings. The monoisotopic (exact) mass is 256 g/mol. The van der Waals surface area contributed by atoms with Crippen molar-refractivity contribution in [3.05, 3.63) is 33.1 Å². The van der Waals surface area contributed by atoms with Gasteiger partial charge in [0.25, 0.3) is 5.56 Å². The smallest absolute Gasteiger partial charge is 0.330 e. The molecule has 1 aliphatic heterocycles. The van der Waals surface area contributed by atoms with Crippen molar-refractivity contribution in [2.45, 2.75) is 37.7 Å². The molecule has 1 saturated heterocycles. The van der Waals surface area contributed by atoms with E-state index in [2.05, 4.69) is 4.98 Å². The van der Waals surface area contributed by atoms with Crippen molar-refractivity contribution in [2.24, 2.45) is 0 Å². The van der Waals surface area contributed by atoms with Gasteiger partial charge in [0, 0.05) is 18.7 Å². The van der Waals surface area contributed by atoms with Crippen molar-refractivity contribution in [2.75, 3.05) is 6.61 Å². The molecule has 0 bridgehead atoms. The summed E-state index contributed by atoms with van der Waals surface area (Å²) >= 11 is 0. The second kappa shape index (κ2) is 4.68. The SMILES string of the molecule is CC[C@]1(CO)OC(n2ccc(=O)[nH]c2=O)C[C@@H]1O. The van der Waals surface area contributed by atoms with Gasteiger partial charge < -0.3 is 14.9 Å². The predicted octanol–water partition coefficient (Wildman–Crippen LogP) is -1.04. The lowest BCUT2D eigenvalue weighted by molar-refractivity contribution is -0.130. The zero-order valence-electron chi connectivity index (χ0n) is 10.00. The molecule has 18 heavy (non-hydrogen) atoms. The highest BCUT2D eigenvalue weighted by Crippen LogP contribution is 2.37. The quantitative estimate of drug-likeness (QED) is 0.640. The normalized spacial score (nSPS) is 31.7. The van der Waals surface area contributed by atoms with E-state index >= 15 is 0 Å². The lowest BCUT2D eigenvalue weighted by atomic mass is 9.95. The molecule has 2 heterocycles. The third kappa shape index (κ3) is 2.00. The highest BCUT2D eigenvalue weighted by Gasteiger charge is 2.47. The van der Waals surface area contributed by atoms with Crippen LogP contribution in [0.3, 0.4) is 0 Å². The van der Waals surface area contributed by atoms with E-state index in [1.54, 1.807) is 6.92 Å². The fourth-order valence-electron chi connectivity index (χ4n) is 2.20. The molecule has 0 amide bonds. The van der Waals surface area contributed by atoms with Gasteiger partial charge in [-0.2, -0.15) is 0 Å². The number of aromatic nitrogens is 2. The van der Waals surface area contributed by atoms with Gasteiger partial charge in [0.05, 0.1) is 12.7 Å². The Morgan fingerprint density at radius 2 is 2.33 bits per heavy atom. The van der Waals surface area contributed by atoms with Crippen LogP contribution in [0, 0.1) is 0 Å². The molecule has 0 aliphatic carbocycles. The van der Waals surface area contributed by atoms with Gasteiger partial charge in [0.1, 0.15) is 11.8 Å². The van der Waals surface area contributed by atoms with Crippen molar-refractivity contribution in [1.82, 2.24) is 9.55 Å². The molecule has 0 spiro atoms. The van der Waals surface area contributed by atoms with Gasteiger partial charge in [-0.1, -0.05) is 6.92 Å². The van der Waals surface area contributed by atoms with Crippen LogP contribution in [0.15, 0.2) is 21.9 Å². The van der Waals surface area contributed by atoms with E-state index in [4.69, 9.17) is 4.74 Å². The third-order valence-corrected chi connectivity index (χ3v) is 3.43. The van der Waals surface area contributed by atoms with Gasteiger partial charge in [0.15, 0.2) is 0 Å². The van der Waals surface area contributed by atoms with Crippen molar-refractivity contribution in [3.8, 4) is 0 Å². The van der Waals surface area contributed by atoms with Crippen LogP contribution in [0.25, 0.3) is 0 Å². The van der Waals surface area contributed by atoms with E-state index in [9.17, 15) is 19.8 Å². The molecule has 1 fully saturated rings. The van der Waals surface area contributed by atoms with Crippen molar-refractivity contribution >= 4 is 0 Å². The number of H-pyrrole nitrogens is 1. The molecule has 7 nitrogen and oxygen atoms in total. The first kappa shape index (κ1) is 13.0. The van der Waals surface area contributed by atoms with E-state index < -0.39 is 29.2 Å². The Bertz CT molecular complexity index is 531. The maximum Gasteiger partial charge on any atom is 0.330 e. The van der Waals surface area contributed by atoms with Crippen LogP contribution in [0.4, 0.5) is 0 Å². The van der Waals surface area contributed by atoms with Crippen LogP contribution in [0.2, 0.25) is 0 Å². The molecule has 0 aromatic carbocycles. The average molecular weight is 256 g/mol. The van der Waals surface area contributed by atoms with Crippen LogP contribution < -0.4 is 11.2 Å². The molecule has 1 aromatic heterocycles. The molecule has 2 rings (SSSR count). The summed E-state index contributed by atoms with van der Waals surface area (Å²) in [5.41, 5.74) is -2.12. The number of nitrogens with one attached hydrogen (secondary N) is 1. The first-order valence-corrected chi connectivity index (χ1v) is 5.80. The maximum absolute atomic E-state index is 11.6. The van der Waals surface area contributed by atoms with Gasteiger partial charge in [-0.15, -0.1) is 0 Å². The Labute approximate surface area is 103 Å². The van der Waals surface area contributed by atoms with Gasteiger partial charge in [-0.3, -0.25) is 14.3 Å². The van der Waals surface area contributed by atoms with Crippen LogP contribution in [0.1, 0.15) is 26.0 Å². The Kier molecular flexibility index (Phi) is 3.38. The first-order chi connectivity index (χ1) is 8.52. The highest BCUT2D eigenvalue weighted by molar-refractivity contribution is 4.96. The van der Waals surface area contributed by atoms with Gasteiger partial charge >= 0.3 is 5.69 Å². The standard InChI is InChI=1S/C11H16N2O5/c1-2-11(6-14)7(15)5-9(18-11)13-4-3-8(16)12-10(13)17/h3-4,7,9,14-15H,2,5-6H2,1H3,(H,12,16,17)/t7-,9?,11+/m0/s1. The minimum Gasteiger partial charge on any atom is -0.393 e. The van der Waals surface area contributed by atoms with Crippen LogP contribution in [-0.4, -0.2) is 38.1 Å². The van der Waals surface area contributed by atoms with E-state index in [0.717, 1.165) is 0 Å². The van der Waals surface area contributed by atoms with E-state index in [1.807, 2.05) is 0 Å². The number of ether oxygens (including phenoxy) is 1. The second-order valence-corrected chi connectivity index (χ2v) is 4.42. The zero-order valence-corrected chi connectivity index (χ0v) is 10.00. The molecule has 3 atom stereocenters. The van der Waals surface area contributed by atoms with Gasteiger partial charge in [-0.05, 0) is 6.42 Å². The average Bonchev–Trinajstić information content (AvgIpc) is 2.67. The second-order valence-electron chi connectivity index (χ2n) is 4.42. The van der Waals surface area contributed by atoms with Crippen molar-refractivity contribution in [1.29, 1.82) is 0 Å². The van der Waals surface area contributed by atoms with E-state index in [-0.39, 0.29) is 13.0 Å². The summed E-state index contributed by atoms with van der Waals surface area (Å²) in [6.07, 6.45) is 0.411. The number of aliphatic hydroxyl groups is 2. The Hall–Kier alpha value is -1.44. The summed E-state index contributed by atoms with van der Waals surface area (Å²) in [6, 6.07) is 1.21. The van der Waals surface area contributed by atoms with Crippen LogP contribution >= 0.6 is 0 Å². The number of hydrogen-bond acceptors (Lipinski definition) is 5. The number of aromatic amines is 1. The highest BCUT2D eigenvalue weighted by atomic mass is 16.6. The molecule has 3 N–H and O–H groups in total. The van der Waals surface area contributed by atoms with Crippen LogP contribution in [0.5, 0.6) is 0 Å². The third-order valence-electron chi connectivity index (χ3n) is 3.43. The Morgan fingerprint density at radius 3 is 2.83 bits per heavy atom. The predicted molar refractivity (Wildman–Crippen MR) is 62.2 cm³/mol. The zero-order chi connectivity index (χ0) is 13.3. The summed E-state index contributed by atoms with van der Waals surface area (Å²) < 4.78 is 6.81. The summed E-state index contributed by atoms with van der Waals surface area (Å²) in [7, 11) is 0. The van der Waals surface area contributed by atoms with Gasteiger partial charge in [-0.25, -0.2) is 4.79 Å². The minimum absolute atomic E-state index is 0.195. The summed E-state index contributed by atoms with van der Waals surface area (Å²) in [5.74, 6) is 0. The van der Waals surface area contributed by atoms with Crippen molar-refractivity contribution < 1.29 is 14.9 Å². The molecule has 0 radical (unpaired) electrons. The summed E-state index contributed by atoms with van der Waals surface area (Å²) in [5, 5.41) is 19.3. The molecule has 0 saturated carbocycles. The summed E-state index contributed by atoms with van der Waals surface area (Å²) in [6.45, 7) is 1.47. The van der Waals surface area contributed by atoms with Crippen molar-refractivity contribution in [3.63, 3.8) is 0 Å².